The minimum atomic E-state index is 0.345. The molecule has 2 aliphatic heterocycles. The Morgan fingerprint density at radius 1 is 1.32 bits per heavy atom. The Kier molecular flexibility index (Phi) is 3.42. The van der Waals surface area contributed by atoms with Crippen LogP contribution in [0.1, 0.15) is 19.8 Å². The van der Waals surface area contributed by atoms with Gasteiger partial charge in [0.1, 0.15) is 11.6 Å². The highest BCUT2D eigenvalue weighted by Gasteiger charge is 2.33. The summed E-state index contributed by atoms with van der Waals surface area (Å²) in [5.74, 6) is 2.10. The molecule has 0 aliphatic carbocycles. The molecule has 1 aromatic heterocycles. The Hall–Kier alpha value is -1.56. The van der Waals surface area contributed by atoms with Gasteiger partial charge in [0.05, 0.1) is 0 Å². The lowest BCUT2D eigenvalue weighted by Gasteiger charge is -2.44. The van der Waals surface area contributed by atoms with Crippen molar-refractivity contribution in [2.45, 2.75) is 25.8 Å². The Morgan fingerprint density at radius 2 is 2.05 bits per heavy atom. The summed E-state index contributed by atoms with van der Waals surface area (Å²) >= 11 is 0. The van der Waals surface area contributed by atoms with Crippen molar-refractivity contribution in [1.82, 2.24) is 14.9 Å². The zero-order valence-electron chi connectivity index (χ0n) is 11.5. The van der Waals surface area contributed by atoms with Gasteiger partial charge < -0.3 is 16.0 Å². The van der Waals surface area contributed by atoms with Gasteiger partial charge >= 0.3 is 0 Å². The summed E-state index contributed by atoms with van der Waals surface area (Å²) in [6.07, 6.45) is 2.70. The first-order chi connectivity index (χ1) is 9.26. The third kappa shape index (κ3) is 2.58. The first-order valence-electron chi connectivity index (χ1n) is 7.13. The zero-order valence-corrected chi connectivity index (χ0v) is 11.5. The molecule has 3 N–H and O–H groups in total. The summed E-state index contributed by atoms with van der Waals surface area (Å²) in [7, 11) is 0. The molecule has 19 heavy (non-hydrogen) atoms. The van der Waals surface area contributed by atoms with Crippen LogP contribution in [0.5, 0.6) is 0 Å². The van der Waals surface area contributed by atoms with Gasteiger partial charge in [-0.05, 0) is 32.9 Å². The van der Waals surface area contributed by atoms with E-state index in [1.807, 2.05) is 13.0 Å². The Balaban J connectivity index is 1.64. The monoisotopic (exact) mass is 262 g/mol. The molecule has 3 heterocycles. The summed E-state index contributed by atoms with van der Waals surface area (Å²) < 4.78 is 0. The molecule has 0 aromatic carbocycles. The number of nitrogens with two attached hydrogens (primary N) is 1. The second-order valence-corrected chi connectivity index (χ2v) is 5.30. The molecule has 0 unspecified atom stereocenters. The van der Waals surface area contributed by atoms with E-state index in [0.717, 1.165) is 31.3 Å². The van der Waals surface area contributed by atoms with Crippen molar-refractivity contribution in [1.29, 1.82) is 0 Å². The summed E-state index contributed by atoms with van der Waals surface area (Å²) in [4.78, 5) is 13.4. The second kappa shape index (κ2) is 5.21. The van der Waals surface area contributed by atoms with Crippen LogP contribution in [0.25, 0.3) is 0 Å². The van der Waals surface area contributed by atoms with E-state index in [0.29, 0.717) is 12.0 Å². The van der Waals surface area contributed by atoms with E-state index in [1.165, 1.54) is 25.9 Å². The molecule has 6 nitrogen and oxygen atoms in total. The van der Waals surface area contributed by atoms with E-state index < -0.39 is 0 Å². The van der Waals surface area contributed by atoms with Crippen molar-refractivity contribution in [3.8, 4) is 0 Å². The SMILES string of the molecule is CCNc1cc(N2CC(N3CCCC3)C2)nc(N)n1. The Labute approximate surface area is 114 Å². The molecule has 2 aliphatic rings. The predicted octanol–water partition coefficient (Wildman–Crippen LogP) is 0.775. The molecular formula is C13H22N6. The third-order valence-corrected chi connectivity index (χ3v) is 3.93. The van der Waals surface area contributed by atoms with Crippen LogP contribution >= 0.6 is 0 Å². The molecule has 0 atom stereocenters. The maximum atomic E-state index is 5.76. The first kappa shape index (κ1) is 12.5. The van der Waals surface area contributed by atoms with Gasteiger partial charge in [-0.2, -0.15) is 9.97 Å². The quantitative estimate of drug-likeness (QED) is 0.835. The molecular weight excluding hydrogens is 240 g/mol. The van der Waals surface area contributed by atoms with Crippen LogP contribution in [-0.4, -0.2) is 53.6 Å². The standard InChI is InChI=1S/C13H22N6/c1-2-15-11-7-12(17-13(14)16-11)19-8-10(9-19)18-5-3-4-6-18/h7,10H,2-6,8-9H2,1H3,(H3,14,15,16,17). The van der Waals surface area contributed by atoms with Crippen molar-refractivity contribution in [2.75, 3.05) is 48.7 Å². The molecule has 0 spiro atoms. The second-order valence-electron chi connectivity index (χ2n) is 5.30. The molecule has 2 saturated heterocycles. The molecule has 104 valence electrons. The number of nitrogens with one attached hydrogen (secondary N) is 1. The number of hydrogen-bond donors (Lipinski definition) is 2. The van der Waals surface area contributed by atoms with Crippen molar-refractivity contribution < 1.29 is 0 Å². The Bertz CT molecular complexity index is 437. The highest BCUT2D eigenvalue weighted by molar-refractivity contribution is 5.54. The van der Waals surface area contributed by atoms with Gasteiger partial charge in [0.2, 0.25) is 5.95 Å². The van der Waals surface area contributed by atoms with Crippen LogP contribution in [0.2, 0.25) is 0 Å². The molecule has 0 saturated carbocycles. The molecule has 6 heteroatoms. The van der Waals surface area contributed by atoms with E-state index in [-0.39, 0.29) is 0 Å². The third-order valence-electron chi connectivity index (χ3n) is 3.93. The van der Waals surface area contributed by atoms with Crippen LogP contribution in [0.4, 0.5) is 17.6 Å². The van der Waals surface area contributed by atoms with Crippen LogP contribution < -0.4 is 16.0 Å². The van der Waals surface area contributed by atoms with Crippen LogP contribution in [0.15, 0.2) is 6.07 Å². The maximum Gasteiger partial charge on any atom is 0.223 e. The van der Waals surface area contributed by atoms with Crippen molar-refractivity contribution >= 4 is 17.6 Å². The fraction of sp³-hybridized carbons (Fsp3) is 0.692. The number of aromatic nitrogens is 2. The maximum absolute atomic E-state index is 5.76. The van der Waals surface area contributed by atoms with E-state index in [2.05, 4.69) is 25.1 Å². The van der Waals surface area contributed by atoms with Crippen molar-refractivity contribution in [2.24, 2.45) is 0 Å². The highest BCUT2D eigenvalue weighted by atomic mass is 15.3. The smallest absolute Gasteiger partial charge is 0.223 e. The number of nitrogens with zero attached hydrogens (tertiary/aromatic N) is 4. The fourth-order valence-electron chi connectivity index (χ4n) is 2.87. The van der Waals surface area contributed by atoms with Crippen LogP contribution in [0, 0.1) is 0 Å². The van der Waals surface area contributed by atoms with E-state index in [4.69, 9.17) is 5.73 Å². The number of rotatable bonds is 4. The molecule has 0 bridgehead atoms. The highest BCUT2D eigenvalue weighted by Crippen LogP contribution is 2.26. The van der Waals surface area contributed by atoms with Crippen molar-refractivity contribution in [3.63, 3.8) is 0 Å². The van der Waals surface area contributed by atoms with Crippen LogP contribution in [-0.2, 0) is 0 Å². The number of anilines is 3. The molecule has 0 amide bonds. The topological polar surface area (TPSA) is 70.3 Å². The van der Waals surface area contributed by atoms with Gasteiger partial charge in [0.25, 0.3) is 0 Å². The lowest BCUT2D eigenvalue weighted by Crippen LogP contribution is -2.59. The van der Waals surface area contributed by atoms with Crippen LogP contribution in [0.3, 0.4) is 0 Å². The van der Waals surface area contributed by atoms with Gasteiger partial charge in [-0.25, -0.2) is 0 Å². The zero-order chi connectivity index (χ0) is 13.2. The molecule has 1 aromatic rings. The largest absolute Gasteiger partial charge is 0.370 e. The molecule has 3 rings (SSSR count). The van der Waals surface area contributed by atoms with Gasteiger partial charge in [-0.1, -0.05) is 0 Å². The number of likely N-dealkylation sites (tertiary alicyclic amines) is 1. The van der Waals surface area contributed by atoms with Gasteiger partial charge in [0, 0.05) is 31.7 Å². The van der Waals surface area contributed by atoms with Crippen molar-refractivity contribution in [3.05, 3.63) is 6.07 Å². The van der Waals surface area contributed by atoms with Gasteiger partial charge in [-0.15, -0.1) is 0 Å². The average molecular weight is 262 g/mol. The number of hydrogen-bond acceptors (Lipinski definition) is 6. The minimum absolute atomic E-state index is 0.345. The predicted molar refractivity (Wildman–Crippen MR) is 77.4 cm³/mol. The normalized spacial score (nSPS) is 20.6. The van der Waals surface area contributed by atoms with E-state index in [9.17, 15) is 0 Å². The van der Waals surface area contributed by atoms with Gasteiger partial charge in [-0.3, -0.25) is 4.90 Å². The lowest BCUT2D eigenvalue weighted by molar-refractivity contribution is 0.204. The summed E-state index contributed by atoms with van der Waals surface area (Å²) in [5, 5.41) is 3.19. The average Bonchev–Trinajstić information content (AvgIpc) is 2.80. The lowest BCUT2D eigenvalue weighted by atomic mass is 10.1. The van der Waals surface area contributed by atoms with E-state index in [1.54, 1.807) is 0 Å². The number of nitrogen functional groups attached to an aromatic ring is 1. The summed E-state index contributed by atoms with van der Waals surface area (Å²) in [6, 6.07) is 2.68. The molecule has 2 fully saturated rings. The fourth-order valence-corrected chi connectivity index (χ4v) is 2.87. The van der Waals surface area contributed by atoms with E-state index >= 15 is 0 Å². The summed E-state index contributed by atoms with van der Waals surface area (Å²) in [6.45, 7) is 7.52. The van der Waals surface area contributed by atoms with Gasteiger partial charge in [0.15, 0.2) is 0 Å². The molecule has 0 radical (unpaired) electrons. The Morgan fingerprint density at radius 3 is 2.74 bits per heavy atom. The first-order valence-corrected chi connectivity index (χ1v) is 7.13. The minimum Gasteiger partial charge on any atom is -0.370 e. The summed E-state index contributed by atoms with van der Waals surface area (Å²) in [5.41, 5.74) is 5.76.